The third-order valence-corrected chi connectivity index (χ3v) is 14.5. The number of hydrogen-bond acceptors (Lipinski definition) is 1. The van der Waals surface area contributed by atoms with E-state index in [0.29, 0.717) is 11.1 Å². The number of hydrogen-bond donors (Lipinski definition) is 0. The van der Waals surface area contributed by atoms with Crippen LogP contribution in [0.2, 0.25) is 0 Å². The van der Waals surface area contributed by atoms with E-state index in [1.165, 1.54) is 66.8 Å². The summed E-state index contributed by atoms with van der Waals surface area (Å²) in [4.78, 5) is 14.0. The quantitative estimate of drug-likeness (QED) is 0.125. The van der Waals surface area contributed by atoms with Gasteiger partial charge in [-0.15, -0.1) is 0 Å². The Labute approximate surface area is 440 Å². The number of carbonyl (C=O) groups is 1. The van der Waals surface area contributed by atoms with Gasteiger partial charge < -0.3 is 0 Å². The summed E-state index contributed by atoms with van der Waals surface area (Å²) in [6.07, 6.45) is 5.24. The minimum absolute atomic E-state index is 0.0266. The number of rotatable bonds is 10. The van der Waals surface area contributed by atoms with Crippen LogP contribution < -0.4 is 0 Å². The third-order valence-electron chi connectivity index (χ3n) is 14.5. The van der Waals surface area contributed by atoms with Crippen LogP contribution in [-0.2, 0) is 10.8 Å². The Morgan fingerprint density at radius 2 is 0.726 bits per heavy atom. The maximum atomic E-state index is 14.0. The standard InChI is InChI=1S/C36H32O.2C17H20.C2H6/c1-23-6-13-28(14-7-23)33-22-35(36(37)30-17-10-25(3)11-18-30)34(29-15-8-24(2)9-16-29)21-32(33)27(5)31-19-12-26(4)20-31;2*1-13-9-5-7-11-15(13)17(3,4)16-12-8-6-10-14(16)2;1-2/h6-19,21-22H,5,20H2,1-4H3;2*5-12H,1-4H3;1-2H3. The van der Waals surface area contributed by atoms with Gasteiger partial charge in [0.05, 0.1) is 0 Å². The maximum Gasteiger partial charge on any atom is 0.193 e. The largest absolute Gasteiger partial charge is 0.289 e. The predicted octanol–water partition coefficient (Wildman–Crippen LogP) is 19.8. The van der Waals surface area contributed by atoms with Gasteiger partial charge in [0.25, 0.3) is 0 Å². The van der Waals surface area contributed by atoms with E-state index < -0.39 is 0 Å². The molecule has 73 heavy (non-hydrogen) atoms. The summed E-state index contributed by atoms with van der Waals surface area (Å²) in [5.41, 5.74) is 24.8. The lowest BCUT2D eigenvalue weighted by Gasteiger charge is -2.29. The molecule has 0 heterocycles. The average molecular weight is 959 g/mol. The smallest absolute Gasteiger partial charge is 0.193 e. The molecule has 0 spiro atoms. The maximum absolute atomic E-state index is 14.0. The number of carbonyl (C=O) groups excluding carboxylic acids is 1. The molecule has 0 N–H and O–H groups in total. The lowest BCUT2D eigenvalue weighted by atomic mass is 9.75. The number of benzene rings is 8. The van der Waals surface area contributed by atoms with E-state index >= 15 is 0 Å². The van der Waals surface area contributed by atoms with Crippen LogP contribution >= 0.6 is 0 Å². The monoisotopic (exact) mass is 959 g/mol. The first kappa shape index (κ1) is 55.0. The Balaban J connectivity index is 0.000000200. The molecule has 8 aromatic carbocycles. The molecule has 0 bridgehead atoms. The van der Waals surface area contributed by atoms with Crippen LogP contribution in [0.1, 0.15) is 138 Å². The summed E-state index contributed by atoms with van der Waals surface area (Å²) in [6.45, 7) is 34.9. The minimum Gasteiger partial charge on any atom is -0.289 e. The van der Waals surface area contributed by atoms with Crippen molar-refractivity contribution >= 4 is 11.4 Å². The topological polar surface area (TPSA) is 17.1 Å². The van der Waals surface area contributed by atoms with E-state index in [4.69, 9.17) is 0 Å². The molecule has 0 saturated carbocycles. The molecule has 0 amide bonds. The van der Waals surface area contributed by atoms with Crippen molar-refractivity contribution in [2.75, 3.05) is 0 Å². The number of allylic oxidation sites excluding steroid dienone is 5. The number of ketones is 1. The van der Waals surface area contributed by atoms with Gasteiger partial charge >= 0.3 is 0 Å². The van der Waals surface area contributed by atoms with Crippen molar-refractivity contribution < 1.29 is 4.79 Å². The van der Waals surface area contributed by atoms with Crippen molar-refractivity contribution in [3.8, 4) is 22.3 Å². The Hall–Kier alpha value is -7.35. The number of aryl methyl sites for hydroxylation is 7. The molecule has 8 aromatic rings. The van der Waals surface area contributed by atoms with Crippen LogP contribution in [0.5, 0.6) is 0 Å². The molecule has 1 nitrogen and oxygen atoms in total. The molecule has 9 rings (SSSR count). The first-order chi connectivity index (χ1) is 34.9. The van der Waals surface area contributed by atoms with Gasteiger partial charge in [-0.2, -0.15) is 0 Å². The first-order valence-electron chi connectivity index (χ1n) is 26.1. The molecule has 0 aliphatic heterocycles. The minimum atomic E-state index is 0.0266. The van der Waals surface area contributed by atoms with Gasteiger partial charge in [0.2, 0.25) is 0 Å². The Kier molecular flexibility index (Phi) is 18.4. The van der Waals surface area contributed by atoms with Crippen molar-refractivity contribution in [1.29, 1.82) is 0 Å². The molecule has 1 aliphatic rings. The van der Waals surface area contributed by atoms with Crippen molar-refractivity contribution in [1.82, 2.24) is 0 Å². The van der Waals surface area contributed by atoms with Gasteiger partial charge in [0, 0.05) is 22.0 Å². The molecule has 372 valence electrons. The van der Waals surface area contributed by atoms with Gasteiger partial charge in [-0.25, -0.2) is 0 Å². The zero-order valence-electron chi connectivity index (χ0n) is 46.3. The molecular formula is C72H78O. The van der Waals surface area contributed by atoms with Crippen molar-refractivity contribution in [2.45, 2.75) is 114 Å². The van der Waals surface area contributed by atoms with Crippen molar-refractivity contribution in [3.63, 3.8) is 0 Å². The normalized spacial score (nSPS) is 11.9. The highest BCUT2D eigenvalue weighted by atomic mass is 16.1. The first-order valence-corrected chi connectivity index (χ1v) is 26.1. The zero-order chi connectivity index (χ0) is 53.0. The van der Waals surface area contributed by atoms with Crippen LogP contribution in [0.3, 0.4) is 0 Å². The van der Waals surface area contributed by atoms with E-state index in [9.17, 15) is 4.79 Å². The van der Waals surface area contributed by atoms with E-state index in [0.717, 1.165) is 45.4 Å². The SMILES string of the molecule is C=C(C1=CC=C(C)C1)c1cc(-c2ccc(C)cc2)c(C(=O)c2ccc(C)cc2)cc1-c1ccc(C)cc1.CC.Cc1ccccc1C(C)(C)c1ccccc1C.Cc1ccccc1C(C)(C)c1ccccc1C. The van der Waals surface area contributed by atoms with E-state index in [1.807, 2.05) is 45.0 Å². The van der Waals surface area contributed by atoms with Crippen LogP contribution in [0.4, 0.5) is 0 Å². The lowest BCUT2D eigenvalue weighted by Crippen LogP contribution is -2.21. The zero-order valence-corrected chi connectivity index (χ0v) is 46.3. The summed E-state index contributed by atoms with van der Waals surface area (Å²) < 4.78 is 0. The van der Waals surface area contributed by atoms with Crippen LogP contribution in [0.25, 0.3) is 27.8 Å². The fourth-order valence-electron chi connectivity index (χ4n) is 10.3. The highest BCUT2D eigenvalue weighted by Crippen LogP contribution is 2.41. The second-order valence-electron chi connectivity index (χ2n) is 20.7. The van der Waals surface area contributed by atoms with Crippen LogP contribution in [-0.4, -0.2) is 5.78 Å². The highest BCUT2D eigenvalue weighted by molar-refractivity contribution is 6.14. The highest BCUT2D eigenvalue weighted by Gasteiger charge is 2.27. The van der Waals surface area contributed by atoms with Crippen molar-refractivity contribution in [2.24, 2.45) is 0 Å². The van der Waals surface area contributed by atoms with E-state index in [-0.39, 0.29) is 16.6 Å². The van der Waals surface area contributed by atoms with Crippen LogP contribution in [0.15, 0.2) is 212 Å². The fourth-order valence-corrected chi connectivity index (χ4v) is 10.3. The van der Waals surface area contributed by atoms with E-state index in [2.05, 4.69) is 253 Å². The summed E-state index contributed by atoms with van der Waals surface area (Å²) in [7, 11) is 0. The molecule has 0 fully saturated rings. The summed E-state index contributed by atoms with van der Waals surface area (Å²) in [5.74, 6) is 0.0266. The van der Waals surface area contributed by atoms with Gasteiger partial charge in [0.1, 0.15) is 0 Å². The molecule has 1 aliphatic carbocycles. The molecule has 0 aromatic heterocycles. The van der Waals surface area contributed by atoms with Crippen molar-refractivity contribution in [3.05, 3.63) is 290 Å². The fraction of sp³-hybridized carbons (Fsp3) is 0.236. The Morgan fingerprint density at radius 1 is 0.411 bits per heavy atom. The van der Waals surface area contributed by atoms with Gasteiger partial charge in [-0.05, 0) is 157 Å². The van der Waals surface area contributed by atoms with Crippen LogP contribution in [0, 0.1) is 48.5 Å². The Morgan fingerprint density at radius 3 is 1.05 bits per heavy atom. The van der Waals surface area contributed by atoms with Gasteiger partial charge in [-0.3, -0.25) is 4.79 Å². The molecule has 0 saturated heterocycles. The van der Waals surface area contributed by atoms with Gasteiger partial charge in [0.15, 0.2) is 5.78 Å². The molecule has 0 radical (unpaired) electrons. The summed E-state index contributed by atoms with van der Waals surface area (Å²) in [6, 6.07) is 63.7. The summed E-state index contributed by atoms with van der Waals surface area (Å²) in [5, 5.41) is 0. The Bertz CT molecular complexity index is 3040. The summed E-state index contributed by atoms with van der Waals surface area (Å²) >= 11 is 0. The second kappa shape index (κ2) is 24.4. The second-order valence-corrected chi connectivity index (χ2v) is 20.7. The lowest BCUT2D eigenvalue weighted by molar-refractivity contribution is 0.103. The molecule has 0 atom stereocenters. The molecule has 0 unspecified atom stereocenters. The third kappa shape index (κ3) is 13.0. The predicted molar refractivity (Wildman–Crippen MR) is 317 cm³/mol. The van der Waals surface area contributed by atoms with Gasteiger partial charge in [-0.1, -0.05) is 252 Å². The molecular weight excluding hydrogens is 881 g/mol. The molecule has 1 heteroatoms. The van der Waals surface area contributed by atoms with E-state index in [1.54, 1.807) is 0 Å². The average Bonchev–Trinajstić information content (AvgIpc) is 3.83.